The second-order valence-corrected chi connectivity index (χ2v) is 1.63. The van der Waals surface area contributed by atoms with Gasteiger partial charge in [0, 0.05) is 6.42 Å². The highest BCUT2D eigenvalue weighted by molar-refractivity contribution is 6.28. The molecule has 1 heterocycles. The largest absolute Gasteiger partial charge is 0.293 e. The van der Waals surface area contributed by atoms with E-state index in [0.717, 1.165) is 0 Å². The molecule has 0 radical (unpaired) electrons. The van der Waals surface area contributed by atoms with Gasteiger partial charge in [-0.25, -0.2) is 4.99 Å². The first kappa shape index (κ1) is 5.70. The number of ketones is 1. The number of nitrogens with zero attached hydrogens (tertiary/aromatic N) is 2. The van der Waals surface area contributed by atoms with Gasteiger partial charge in [-0.05, 0) is 6.08 Å². The van der Waals surface area contributed by atoms with E-state index in [4.69, 9.17) is 5.26 Å². The Morgan fingerprint density at radius 3 is 3.00 bits per heavy atom. The summed E-state index contributed by atoms with van der Waals surface area (Å²) in [5.74, 6) is -0.0472. The summed E-state index contributed by atoms with van der Waals surface area (Å²) < 4.78 is 0. The maximum atomic E-state index is 10.4. The molecule has 0 aliphatic carbocycles. The van der Waals surface area contributed by atoms with Crippen molar-refractivity contribution >= 4 is 12.0 Å². The van der Waals surface area contributed by atoms with Crippen LogP contribution in [-0.2, 0) is 4.79 Å². The number of hydrogen-bond donors (Lipinski definition) is 0. The van der Waals surface area contributed by atoms with E-state index in [1.165, 1.54) is 12.3 Å². The van der Waals surface area contributed by atoms with Crippen LogP contribution in [0.15, 0.2) is 16.8 Å². The van der Waals surface area contributed by atoms with Gasteiger partial charge in [-0.2, -0.15) is 5.26 Å². The molecule has 0 aromatic carbocycles. The van der Waals surface area contributed by atoms with Crippen molar-refractivity contribution in [1.82, 2.24) is 0 Å². The Labute approximate surface area is 52.3 Å². The Morgan fingerprint density at radius 1 is 1.78 bits per heavy atom. The lowest BCUT2D eigenvalue weighted by molar-refractivity contribution is -0.111. The third-order valence-electron chi connectivity index (χ3n) is 0.959. The molecule has 0 fully saturated rings. The van der Waals surface area contributed by atoms with Gasteiger partial charge in [-0.3, -0.25) is 4.79 Å². The van der Waals surface area contributed by atoms with Gasteiger partial charge in [0.1, 0.15) is 11.8 Å². The summed E-state index contributed by atoms with van der Waals surface area (Å²) in [6, 6.07) is 1.84. The fourth-order valence-corrected chi connectivity index (χ4v) is 0.519. The minimum atomic E-state index is -0.0472. The number of carbonyl (C=O) groups is 1. The molecule has 0 N–H and O–H groups in total. The van der Waals surface area contributed by atoms with Crippen LogP contribution in [0.1, 0.15) is 6.42 Å². The molecule has 0 unspecified atom stereocenters. The van der Waals surface area contributed by atoms with E-state index < -0.39 is 0 Å². The van der Waals surface area contributed by atoms with Crippen molar-refractivity contribution < 1.29 is 4.79 Å². The monoisotopic (exact) mass is 120 g/mol. The van der Waals surface area contributed by atoms with Gasteiger partial charge in [0.15, 0.2) is 5.78 Å². The Balaban J connectivity index is 2.77. The van der Waals surface area contributed by atoms with Crippen molar-refractivity contribution in [2.24, 2.45) is 4.99 Å². The van der Waals surface area contributed by atoms with Gasteiger partial charge >= 0.3 is 0 Å². The Kier molecular flexibility index (Phi) is 1.41. The lowest BCUT2D eigenvalue weighted by Gasteiger charge is -1.93. The standard InChI is InChI=1S/C6H4N2O/c7-3-5-1-2-6(9)4-8-5/h1,4H,2H2. The zero-order valence-electron chi connectivity index (χ0n) is 4.66. The minimum absolute atomic E-state index is 0.0472. The number of allylic oxidation sites excluding steroid dienone is 2. The lowest BCUT2D eigenvalue weighted by Crippen LogP contribution is -2.01. The zero-order chi connectivity index (χ0) is 6.69. The van der Waals surface area contributed by atoms with Crippen LogP contribution < -0.4 is 0 Å². The van der Waals surface area contributed by atoms with E-state index in [1.54, 1.807) is 0 Å². The van der Waals surface area contributed by atoms with Crippen LogP contribution in [0.25, 0.3) is 0 Å². The fraction of sp³-hybridized carbons (Fsp3) is 0.167. The number of Topliss-reactive ketones (excluding diaryl/α,β-unsaturated/α-hetero) is 1. The fourth-order valence-electron chi connectivity index (χ4n) is 0.519. The molecule has 3 heteroatoms. The van der Waals surface area contributed by atoms with Crippen molar-refractivity contribution in [3.05, 3.63) is 11.8 Å². The second kappa shape index (κ2) is 2.23. The lowest BCUT2D eigenvalue weighted by atomic mass is 10.2. The number of rotatable bonds is 0. The van der Waals surface area contributed by atoms with Gasteiger partial charge in [0.05, 0.1) is 6.21 Å². The highest BCUT2D eigenvalue weighted by Crippen LogP contribution is 2.01. The summed E-state index contributed by atoms with van der Waals surface area (Å²) in [6.45, 7) is 0. The molecular formula is C6H4N2O. The molecule has 0 atom stereocenters. The highest BCUT2D eigenvalue weighted by Gasteiger charge is 2.01. The van der Waals surface area contributed by atoms with E-state index in [9.17, 15) is 4.79 Å². The zero-order valence-corrected chi connectivity index (χ0v) is 4.66. The Bertz CT molecular complexity index is 232. The third kappa shape index (κ3) is 1.23. The maximum Gasteiger partial charge on any atom is 0.177 e. The quantitative estimate of drug-likeness (QED) is 0.465. The minimum Gasteiger partial charge on any atom is -0.293 e. The van der Waals surface area contributed by atoms with Crippen molar-refractivity contribution in [2.45, 2.75) is 6.42 Å². The normalized spacial score (nSPS) is 16.8. The van der Waals surface area contributed by atoms with Crippen LogP contribution in [0.2, 0.25) is 0 Å². The molecule has 9 heavy (non-hydrogen) atoms. The molecule has 0 amide bonds. The third-order valence-corrected chi connectivity index (χ3v) is 0.959. The van der Waals surface area contributed by atoms with Crippen molar-refractivity contribution in [3.63, 3.8) is 0 Å². The molecular weight excluding hydrogens is 116 g/mol. The van der Waals surface area contributed by atoms with E-state index in [2.05, 4.69) is 4.99 Å². The molecule has 0 bridgehead atoms. The Morgan fingerprint density at radius 2 is 2.56 bits per heavy atom. The smallest absolute Gasteiger partial charge is 0.177 e. The van der Waals surface area contributed by atoms with Gasteiger partial charge in [0.2, 0.25) is 0 Å². The van der Waals surface area contributed by atoms with E-state index in [1.807, 2.05) is 6.07 Å². The molecule has 0 aromatic heterocycles. The van der Waals surface area contributed by atoms with E-state index in [-0.39, 0.29) is 5.78 Å². The summed E-state index contributed by atoms with van der Waals surface area (Å²) in [7, 11) is 0. The summed E-state index contributed by atoms with van der Waals surface area (Å²) >= 11 is 0. The second-order valence-electron chi connectivity index (χ2n) is 1.63. The number of aliphatic imine (C=N–C) groups is 1. The summed E-state index contributed by atoms with van der Waals surface area (Å²) in [6.07, 6.45) is 3.01. The van der Waals surface area contributed by atoms with Crippen molar-refractivity contribution in [3.8, 4) is 6.07 Å². The van der Waals surface area contributed by atoms with Crippen LogP contribution in [-0.4, -0.2) is 12.0 Å². The average molecular weight is 120 g/mol. The van der Waals surface area contributed by atoms with E-state index in [0.29, 0.717) is 12.1 Å². The number of carbonyl (C=O) groups excluding carboxylic acids is 1. The van der Waals surface area contributed by atoms with Crippen LogP contribution in [0.5, 0.6) is 0 Å². The molecule has 0 saturated heterocycles. The predicted octanol–water partition coefficient (Wildman–Crippen LogP) is 0.437. The maximum absolute atomic E-state index is 10.4. The van der Waals surface area contributed by atoms with Gasteiger partial charge < -0.3 is 0 Å². The molecule has 3 nitrogen and oxygen atoms in total. The topological polar surface area (TPSA) is 53.2 Å². The first-order valence-corrected chi connectivity index (χ1v) is 2.50. The average Bonchev–Trinajstić information content (AvgIpc) is 1.90. The van der Waals surface area contributed by atoms with E-state index >= 15 is 0 Å². The van der Waals surface area contributed by atoms with Gasteiger partial charge in [-0.1, -0.05) is 0 Å². The van der Waals surface area contributed by atoms with Gasteiger partial charge in [0.25, 0.3) is 0 Å². The predicted molar refractivity (Wildman–Crippen MR) is 31.8 cm³/mol. The summed E-state index contributed by atoms with van der Waals surface area (Å²) in [5.41, 5.74) is 0.328. The molecule has 1 rings (SSSR count). The van der Waals surface area contributed by atoms with Crippen LogP contribution in [0.4, 0.5) is 0 Å². The van der Waals surface area contributed by atoms with Crippen molar-refractivity contribution in [1.29, 1.82) is 5.26 Å². The summed E-state index contributed by atoms with van der Waals surface area (Å²) in [5, 5.41) is 8.23. The molecule has 1 aliphatic heterocycles. The highest BCUT2D eigenvalue weighted by atomic mass is 16.1. The molecule has 44 valence electrons. The SMILES string of the molecule is N#CC1=CCC(=O)C=N1. The first-order chi connectivity index (χ1) is 4.33. The van der Waals surface area contributed by atoms with Crippen molar-refractivity contribution in [2.75, 3.05) is 0 Å². The first-order valence-electron chi connectivity index (χ1n) is 2.50. The van der Waals surface area contributed by atoms with Crippen LogP contribution >= 0.6 is 0 Å². The summed E-state index contributed by atoms with van der Waals surface area (Å²) in [4.78, 5) is 14.0. The number of hydrogen-bond acceptors (Lipinski definition) is 3. The van der Waals surface area contributed by atoms with Crippen LogP contribution in [0, 0.1) is 11.3 Å². The molecule has 0 spiro atoms. The molecule has 0 saturated carbocycles. The van der Waals surface area contributed by atoms with Crippen LogP contribution in [0.3, 0.4) is 0 Å². The van der Waals surface area contributed by atoms with Gasteiger partial charge in [-0.15, -0.1) is 0 Å². The Hall–Kier alpha value is -1.43. The number of nitriles is 1. The molecule has 0 aromatic rings. The molecule has 1 aliphatic rings.